The van der Waals surface area contributed by atoms with Crippen LogP contribution in [-0.4, -0.2) is 53.7 Å². The van der Waals surface area contributed by atoms with Crippen LogP contribution in [0, 0.1) is 0 Å². The van der Waals surface area contributed by atoms with Crippen molar-refractivity contribution in [1.82, 2.24) is 34.5 Å². The van der Waals surface area contributed by atoms with Gasteiger partial charge in [0.1, 0.15) is 24.2 Å². The lowest BCUT2D eigenvalue weighted by Crippen LogP contribution is -2.42. The molecule has 0 amide bonds. The number of fused-ring (bicyclic) bond motifs is 1. The number of imidazole rings is 1. The number of aromatic nitrogens is 7. The average Bonchev–Trinajstić information content (AvgIpc) is 3.39. The van der Waals surface area contributed by atoms with Crippen LogP contribution < -0.4 is 10.2 Å². The molecule has 0 aromatic carbocycles. The van der Waals surface area contributed by atoms with Crippen LogP contribution in [0.3, 0.4) is 0 Å². The third kappa shape index (κ3) is 3.07. The maximum absolute atomic E-state index is 4.69. The molecule has 1 saturated heterocycles. The molecule has 0 bridgehead atoms. The highest BCUT2D eigenvalue weighted by Crippen LogP contribution is 2.22. The van der Waals surface area contributed by atoms with Gasteiger partial charge in [0.25, 0.3) is 0 Å². The Hall–Kier alpha value is -3.49. The maximum Gasteiger partial charge on any atom is 0.224 e. The van der Waals surface area contributed by atoms with Crippen molar-refractivity contribution >= 4 is 17.3 Å². The Kier molecular flexibility index (Phi) is 3.89. The van der Waals surface area contributed by atoms with Gasteiger partial charge in [-0.3, -0.25) is 0 Å². The molecule has 1 aliphatic rings. The van der Waals surface area contributed by atoms with Gasteiger partial charge in [0.2, 0.25) is 5.95 Å². The molecule has 0 unspecified atom stereocenters. The van der Waals surface area contributed by atoms with Crippen LogP contribution >= 0.6 is 0 Å². The number of nitrogens with one attached hydrogen (secondary N) is 2. The zero-order chi connectivity index (χ0) is 18.1. The summed E-state index contributed by atoms with van der Waals surface area (Å²) in [7, 11) is 0. The van der Waals surface area contributed by atoms with E-state index in [2.05, 4.69) is 35.4 Å². The van der Waals surface area contributed by atoms with Gasteiger partial charge >= 0.3 is 0 Å². The molecule has 4 aromatic heterocycles. The first-order valence-corrected chi connectivity index (χ1v) is 8.99. The van der Waals surface area contributed by atoms with E-state index in [9.17, 15) is 0 Å². The number of aromatic amines is 1. The predicted octanol–water partition coefficient (Wildman–Crippen LogP) is 1.99. The summed E-state index contributed by atoms with van der Waals surface area (Å²) < 4.78 is 1.97. The van der Waals surface area contributed by atoms with Crippen molar-refractivity contribution in [3.05, 3.63) is 49.3 Å². The lowest BCUT2D eigenvalue weighted by molar-refractivity contribution is 0.522. The summed E-state index contributed by atoms with van der Waals surface area (Å²) in [4.78, 5) is 18.9. The van der Waals surface area contributed by atoms with E-state index in [0.29, 0.717) is 5.82 Å². The molecule has 27 heavy (non-hydrogen) atoms. The molecule has 1 fully saturated rings. The molecule has 0 spiro atoms. The number of anilines is 2. The van der Waals surface area contributed by atoms with Crippen LogP contribution in [0.15, 0.2) is 49.3 Å². The van der Waals surface area contributed by atoms with Gasteiger partial charge in [-0.1, -0.05) is 6.07 Å². The van der Waals surface area contributed by atoms with Crippen LogP contribution in [-0.2, 0) is 0 Å². The minimum absolute atomic E-state index is 0.283. The minimum atomic E-state index is 0.283. The molecule has 2 N–H and O–H groups in total. The molecule has 136 valence electrons. The van der Waals surface area contributed by atoms with Crippen LogP contribution in [0.4, 0.5) is 11.8 Å². The summed E-state index contributed by atoms with van der Waals surface area (Å²) in [5.74, 6) is 2.24. The van der Waals surface area contributed by atoms with E-state index in [1.54, 1.807) is 18.9 Å². The van der Waals surface area contributed by atoms with Crippen molar-refractivity contribution in [2.75, 3.05) is 23.3 Å². The molecule has 1 aliphatic heterocycles. The van der Waals surface area contributed by atoms with Crippen molar-refractivity contribution in [3.63, 3.8) is 0 Å². The first-order chi connectivity index (χ1) is 13.4. The molecule has 0 aliphatic carbocycles. The first kappa shape index (κ1) is 15.7. The Labute approximate surface area is 155 Å². The topological polar surface area (TPSA) is 99.9 Å². The second-order valence-electron chi connectivity index (χ2n) is 6.59. The van der Waals surface area contributed by atoms with Gasteiger partial charge < -0.3 is 19.6 Å². The number of rotatable bonds is 4. The summed E-state index contributed by atoms with van der Waals surface area (Å²) >= 11 is 0. The smallest absolute Gasteiger partial charge is 0.224 e. The first-order valence-electron chi connectivity index (χ1n) is 8.99. The predicted molar refractivity (Wildman–Crippen MR) is 101 cm³/mol. The van der Waals surface area contributed by atoms with E-state index in [1.807, 2.05) is 34.9 Å². The van der Waals surface area contributed by atoms with Gasteiger partial charge in [-0.05, 0) is 31.0 Å². The zero-order valence-electron chi connectivity index (χ0n) is 14.7. The third-order valence-corrected chi connectivity index (χ3v) is 4.79. The quantitative estimate of drug-likeness (QED) is 0.573. The maximum atomic E-state index is 4.69. The second kappa shape index (κ2) is 6.67. The molecular weight excluding hydrogens is 342 g/mol. The number of hydrogen-bond acceptors (Lipinski definition) is 7. The van der Waals surface area contributed by atoms with Crippen LogP contribution in [0.5, 0.6) is 0 Å². The normalized spacial score (nSPS) is 17.3. The highest BCUT2D eigenvalue weighted by Gasteiger charge is 2.22. The molecule has 0 saturated carbocycles. The second-order valence-corrected chi connectivity index (χ2v) is 6.59. The fourth-order valence-electron chi connectivity index (χ4n) is 3.52. The Morgan fingerprint density at radius 2 is 2.19 bits per heavy atom. The molecule has 4 aromatic rings. The van der Waals surface area contributed by atoms with Crippen LogP contribution in [0.2, 0.25) is 0 Å². The van der Waals surface area contributed by atoms with Crippen molar-refractivity contribution in [2.24, 2.45) is 0 Å². The number of pyridine rings is 1. The molecule has 5 rings (SSSR count). The Balaban J connectivity index is 1.36. The van der Waals surface area contributed by atoms with Crippen LogP contribution in [0.25, 0.3) is 17.0 Å². The summed E-state index contributed by atoms with van der Waals surface area (Å²) in [6.07, 6.45) is 9.30. The van der Waals surface area contributed by atoms with Gasteiger partial charge in [0.05, 0.1) is 5.52 Å². The molecule has 5 heterocycles. The van der Waals surface area contributed by atoms with Gasteiger partial charge in [-0.15, -0.1) is 10.2 Å². The lowest BCUT2D eigenvalue weighted by atomic mass is 10.1. The number of nitrogens with zero attached hydrogens (tertiary/aromatic N) is 7. The van der Waals surface area contributed by atoms with Crippen molar-refractivity contribution < 1.29 is 0 Å². The summed E-state index contributed by atoms with van der Waals surface area (Å²) in [5.41, 5.74) is 1.77. The summed E-state index contributed by atoms with van der Waals surface area (Å²) in [6.45, 7) is 1.82. The third-order valence-electron chi connectivity index (χ3n) is 4.79. The van der Waals surface area contributed by atoms with E-state index in [-0.39, 0.29) is 6.04 Å². The summed E-state index contributed by atoms with van der Waals surface area (Å²) in [6, 6.07) is 8.16. The molecule has 9 heteroatoms. The van der Waals surface area contributed by atoms with E-state index in [0.717, 1.165) is 48.9 Å². The van der Waals surface area contributed by atoms with Gasteiger partial charge in [-0.25, -0.2) is 15.0 Å². The van der Waals surface area contributed by atoms with E-state index >= 15 is 0 Å². The minimum Gasteiger partial charge on any atom is -0.365 e. The van der Waals surface area contributed by atoms with Crippen LogP contribution in [0.1, 0.15) is 12.8 Å². The number of hydrogen-bond donors (Lipinski definition) is 2. The largest absolute Gasteiger partial charge is 0.365 e. The average molecular weight is 361 g/mol. The van der Waals surface area contributed by atoms with Crippen molar-refractivity contribution in [1.29, 1.82) is 0 Å². The molecule has 9 nitrogen and oxygen atoms in total. The Morgan fingerprint density at radius 3 is 3.11 bits per heavy atom. The fourth-order valence-corrected chi connectivity index (χ4v) is 3.52. The SMILES string of the molecule is c1ccn2cnc(-c3nccc(N[C@@H]4CCCN(c5nnc[nH]5)C4)n3)c2c1. The molecular formula is C18H19N9. The van der Waals surface area contributed by atoms with E-state index < -0.39 is 0 Å². The Bertz CT molecular complexity index is 1040. The lowest BCUT2D eigenvalue weighted by Gasteiger charge is -2.32. The summed E-state index contributed by atoms with van der Waals surface area (Å²) in [5, 5.41) is 11.5. The van der Waals surface area contributed by atoms with E-state index in [1.165, 1.54) is 0 Å². The highest BCUT2D eigenvalue weighted by atomic mass is 15.4. The number of piperidine rings is 1. The van der Waals surface area contributed by atoms with Gasteiger partial charge in [0.15, 0.2) is 5.82 Å². The fraction of sp³-hybridized carbons (Fsp3) is 0.278. The van der Waals surface area contributed by atoms with Crippen molar-refractivity contribution in [3.8, 4) is 11.5 Å². The molecule has 0 radical (unpaired) electrons. The molecule has 1 atom stereocenters. The number of H-pyrrole nitrogens is 1. The Morgan fingerprint density at radius 1 is 1.19 bits per heavy atom. The van der Waals surface area contributed by atoms with Gasteiger partial charge in [-0.2, -0.15) is 0 Å². The zero-order valence-corrected chi connectivity index (χ0v) is 14.7. The monoisotopic (exact) mass is 361 g/mol. The highest BCUT2D eigenvalue weighted by molar-refractivity contribution is 5.73. The van der Waals surface area contributed by atoms with Gasteiger partial charge in [0, 0.05) is 31.5 Å². The van der Waals surface area contributed by atoms with Crippen molar-refractivity contribution in [2.45, 2.75) is 18.9 Å². The van der Waals surface area contributed by atoms with E-state index in [4.69, 9.17) is 4.98 Å². The standard InChI is InChI=1S/C18H19N9/c1-2-8-27-12-21-16(14(27)5-1)17-19-7-6-15(24-17)23-13-4-3-9-26(10-13)18-20-11-22-25-18/h1-2,5-8,11-13H,3-4,9-10H2,(H,19,23,24)(H,20,22,25)/t13-/m1/s1.